The Balaban J connectivity index is 0.000000151. The topological polar surface area (TPSA) is 44.4 Å². The third kappa shape index (κ3) is 4.32. The van der Waals surface area contributed by atoms with Gasteiger partial charge in [-0.2, -0.15) is 11.8 Å². The van der Waals surface area contributed by atoms with Crippen LogP contribution in [0.25, 0.3) is 0 Å². The van der Waals surface area contributed by atoms with Crippen LogP contribution in [0.5, 0.6) is 0 Å². The minimum atomic E-state index is 0.0127. The molecule has 112 valence electrons. The van der Waals surface area contributed by atoms with Crippen LogP contribution >= 0.6 is 11.8 Å². The molecule has 3 heterocycles. The highest BCUT2D eigenvalue weighted by molar-refractivity contribution is 8.00. The Hall–Kier alpha value is -0.860. The molecule has 0 aromatic heterocycles. The van der Waals surface area contributed by atoms with E-state index in [1.165, 1.54) is 13.0 Å². The zero-order valence-corrected chi connectivity index (χ0v) is 13.3. The number of thioether (sulfide) groups is 1. The van der Waals surface area contributed by atoms with Crippen LogP contribution in [0.4, 0.5) is 4.79 Å². The number of nitrogens with zero attached hydrogens (tertiary/aromatic N) is 1. The SMILES string of the molecule is CCC1SCC2NC(=O)NC21.CN1CCC#CCCC1. The lowest BCUT2D eigenvalue weighted by atomic mass is 10.1. The Labute approximate surface area is 126 Å². The first-order valence-corrected chi connectivity index (χ1v) is 8.58. The second kappa shape index (κ2) is 7.80. The summed E-state index contributed by atoms with van der Waals surface area (Å²) in [6.07, 6.45) is 4.53. The summed E-state index contributed by atoms with van der Waals surface area (Å²) in [7, 11) is 2.16. The summed E-state index contributed by atoms with van der Waals surface area (Å²) >= 11 is 1.96. The van der Waals surface area contributed by atoms with E-state index in [-0.39, 0.29) is 6.03 Å². The number of fused-ring (bicyclic) bond motifs is 1. The van der Waals surface area contributed by atoms with Crippen LogP contribution in [-0.4, -0.2) is 54.2 Å². The van der Waals surface area contributed by atoms with Crippen LogP contribution < -0.4 is 10.6 Å². The summed E-state index contributed by atoms with van der Waals surface area (Å²) in [5.41, 5.74) is 0. The number of nitrogens with one attached hydrogen (secondary N) is 2. The van der Waals surface area contributed by atoms with Crippen molar-refractivity contribution in [3.63, 3.8) is 0 Å². The molecule has 0 radical (unpaired) electrons. The Morgan fingerprint density at radius 3 is 2.90 bits per heavy atom. The summed E-state index contributed by atoms with van der Waals surface area (Å²) in [4.78, 5) is 13.2. The maximum Gasteiger partial charge on any atom is 0.315 e. The number of hydrogen-bond donors (Lipinski definition) is 2. The van der Waals surface area contributed by atoms with Gasteiger partial charge < -0.3 is 15.5 Å². The zero-order valence-electron chi connectivity index (χ0n) is 12.4. The number of amides is 2. The van der Waals surface area contributed by atoms with Gasteiger partial charge in [-0.15, -0.1) is 11.8 Å². The molecule has 3 aliphatic rings. The summed E-state index contributed by atoms with van der Waals surface area (Å²) in [5.74, 6) is 7.33. The van der Waals surface area contributed by atoms with E-state index >= 15 is 0 Å². The molecule has 0 aliphatic carbocycles. The Morgan fingerprint density at radius 2 is 2.10 bits per heavy atom. The fraction of sp³-hybridized carbons (Fsp3) is 0.800. The van der Waals surface area contributed by atoms with Gasteiger partial charge in [0.25, 0.3) is 0 Å². The quantitative estimate of drug-likeness (QED) is 0.571. The molecule has 3 rings (SSSR count). The number of hydrogen-bond acceptors (Lipinski definition) is 3. The third-order valence-corrected chi connectivity index (χ3v) is 5.53. The van der Waals surface area contributed by atoms with E-state index < -0.39 is 0 Å². The average Bonchev–Trinajstić information content (AvgIpc) is 2.93. The van der Waals surface area contributed by atoms with Crippen molar-refractivity contribution in [2.45, 2.75) is 49.9 Å². The lowest BCUT2D eigenvalue weighted by Crippen LogP contribution is -2.36. The summed E-state index contributed by atoms with van der Waals surface area (Å²) in [5, 5.41) is 6.48. The van der Waals surface area contributed by atoms with Gasteiger partial charge in [-0.1, -0.05) is 6.92 Å². The minimum absolute atomic E-state index is 0.0127. The van der Waals surface area contributed by atoms with Crippen molar-refractivity contribution in [1.82, 2.24) is 15.5 Å². The largest absolute Gasteiger partial charge is 0.332 e. The van der Waals surface area contributed by atoms with Gasteiger partial charge in [0.15, 0.2) is 0 Å². The standard InChI is InChI=1S/C8H13N.C7H12N2OS/c1-9-7-5-3-2-4-6-8-9;1-2-5-6-4(3-11-5)8-7(10)9-6/h3,5-8H2,1H3;4-6H,2-3H2,1H3,(H2,8,9,10). The predicted molar refractivity (Wildman–Crippen MR) is 84.9 cm³/mol. The summed E-state index contributed by atoms with van der Waals surface area (Å²) in [6.45, 7) is 4.53. The van der Waals surface area contributed by atoms with Gasteiger partial charge in [0.2, 0.25) is 0 Å². The van der Waals surface area contributed by atoms with Gasteiger partial charge in [-0.05, 0) is 26.4 Å². The van der Waals surface area contributed by atoms with Crippen molar-refractivity contribution in [1.29, 1.82) is 0 Å². The van der Waals surface area contributed by atoms with E-state index in [2.05, 4.69) is 41.3 Å². The Kier molecular flexibility index (Phi) is 6.06. The van der Waals surface area contributed by atoms with Crippen LogP contribution in [0.2, 0.25) is 0 Å². The van der Waals surface area contributed by atoms with Gasteiger partial charge in [0.1, 0.15) is 0 Å². The van der Waals surface area contributed by atoms with Crippen molar-refractivity contribution < 1.29 is 4.79 Å². The zero-order chi connectivity index (χ0) is 14.4. The normalized spacial score (nSPS) is 32.5. The molecular weight excluding hydrogens is 270 g/mol. The minimum Gasteiger partial charge on any atom is -0.332 e. The monoisotopic (exact) mass is 295 g/mol. The van der Waals surface area contributed by atoms with Gasteiger partial charge in [-0.25, -0.2) is 4.79 Å². The molecule has 0 spiro atoms. The molecule has 3 aliphatic heterocycles. The molecule has 20 heavy (non-hydrogen) atoms. The fourth-order valence-corrected chi connectivity index (χ4v) is 4.17. The molecule has 0 saturated carbocycles. The predicted octanol–water partition coefficient (Wildman–Crippen LogP) is 1.67. The first kappa shape index (κ1) is 15.5. The molecule has 0 aromatic rings. The van der Waals surface area contributed by atoms with E-state index in [0.717, 1.165) is 31.6 Å². The highest BCUT2D eigenvalue weighted by atomic mass is 32.2. The van der Waals surface area contributed by atoms with Crippen molar-refractivity contribution in [3.05, 3.63) is 0 Å². The first-order chi connectivity index (χ1) is 9.70. The fourth-order valence-electron chi connectivity index (χ4n) is 2.72. The van der Waals surface area contributed by atoms with Gasteiger partial charge in [0, 0.05) is 30.4 Å². The number of urea groups is 1. The molecule has 3 atom stereocenters. The van der Waals surface area contributed by atoms with E-state index in [0.29, 0.717) is 17.3 Å². The van der Waals surface area contributed by atoms with Crippen molar-refractivity contribution in [2.24, 2.45) is 0 Å². The molecular formula is C15H25N3OS. The third-order valence-electron chi connectivity index (χ3n) is 3.93. The summed E-state index contributed by atoms with van der Waals surface area (Å²) in [6, 6.07) is 0.786. The van der Waals surface area contributed by atoms with Crippen LogP contribution in [-0.2, 0) is 0 Å². The van der Waals surface area contributed by atoms with Gasteiger partial charge in [-0.3, -0.25) is 0 Å². The molecule has 3 unspecified atom stereocenters. The van der Waals surface area contributed by atoms with Crippen molar-refractivity contribution in [2.75, 3.05) is 25.9 Å². The van der Waals surface area contributed by atoms with Crippen LogP contribution in [0.15, 0.2) is 0 Å². The second-order valence-electron chi connectivity index (χ2n) is 5.54. The van der Waals surface area contributed by atoms with Gasteiger partial charge in [0.05, 0.1) is 12.1 Å². The number of carbonyl (C=O) groups is 1. The van der Waals surface area contributed by atoms with Crippen LogP contribution in [0, 0.1) is 11.8 Å². The van der Waals surface area contributed by atoms with E-state index in [4.69, 9.17) is 0 Å². The molecule has 4 nitrogen and oxygen atoms in total. The smallest absolute Gasteiger partial charge is 0.315 e. The van der Waals surface area contributed by atoms with E-state index in [1.54, 1.807) is 0 Å². The Morgan fingerprint density at radius 1 is 1.30 bits per heavy atom. The molecule has 2 fully saturated rings. The average molecular weight is 295 g/mol. The molecule has 5 heteroatoms. The van der Waals surface area contributed by atoms with Crippen LogP contribution in [0.1, 0.15) is 32.6 Å². The molecule has 2 saturated heterocycles. The highest BCUT2D eigenvalue weighted by Crippen LogP contribution is 2.31. The number of rotatable bonds is 1. The first-order valence-electron chi connectivity index (χ1n) is 7.53. The number of carbonyl (C=O) groups excluding carboxylic acids is 1. The second-order valence-corrected chi connectivity index (χ2v) is 6.81. The van der Waals surface area contributed by atoms with E-state index in [1.807, 2.05) is 11.8 Å². The lowest BCUT2D eigenvalue weighted by molar-refractivity contribution is 0.247. The van der Waals surface area contributed by atoms with E-state index in [9.17, 15) is 4.79 Å². The Bertz CT molecular complexity index is 390. The van der Waals surface area contributed by atoms with Crippen molar-refractivity contribution >= 4 is 17.8 Å². The lowest BCUT2D eigenvalue weighted by Gasteiger charge is -2.14. The molecule has 0 bridgehead atoms. The van der Waals surface area contributed by atoms with Crippen molar-refractivity contribution in [3.8, 4) is 11.8 Å². The molecule has 0 aromatic carbocycles. The molecule has 2 N–H and O–H groups in total. The van der Waals surface area contributed by atoms with Gasteiger partial charge >= 0.3 is 6.03 Å². The maximum absolute atomic E-state index is 10.9. The molecule has 2 amide bonds. The highest BCUT2D eigenvalue weighted by Gasteiger charge is 2.41. The van der Waals surface area contributed by atoms with Crippen LogP contribution in [0.3, 0.4) is 0 Å². The maximum atomic E-state index is 10.9. The summed E-state index contributed by atoms with van der Waals surface area (Å²) < 4.78 is 0.